The molecule has 7 heteroatoms. The molecule has 0 unspecified atom stereocenters. The number of furan rings is 1. The minimum absolute atomic E-state index is 0.246. The van der Waals surface area contributed by atoms with Gasteiger partial charge in [-0.1, -0.05) is 0 Å². The van der Waals surface area contributed by atoms with Gasteiger partial charge in [-0.25, -0.2) is 4.79 Å². The number of hydrogen-bond donors (Lipinski definition) is 4. The molecule has 114 valence electrons. The maximum Gasteiger partial charge on any atom is 0.408 e. The van der Waals surface area contributed by atoms with Gasteiger partial charge in [0.2, 0.25) is 0 Å². The molecule has 0 bridgehead atoms. The molecular formula is C13H21NO6. The third-order valence-corrected chi connectivity index (χ3v) is 2.44. The second kappa shape index (κ2) is 6.74. The quantitative estimate of drug-likeness (QED) is 0.629. The van der Waals surface area contributed by atoms with Crippen LogP contribution in [-0.4, -0.2) is 45.8 Å². The summed E-state index contributed by atoms with van der Waals surface area (Å²) < 4.78 is 10.2. The van der Waals surface area contributed by atoms with Crippen molar-refractivity contribution in [3.05, 3.63) is 24.2 Å². The van der Waals surface area contributed by atoms with Crippen molar-refractivity contribution in [3.8, 4) is 0 Å². The van der Waals surface area contributed by atoms with Crippen molar-refractivity contribution in [2.45, 2.75) is 44.6 Å². The maximum absolute atomic E-state index is 11.7. The van der Waals surface area contributed by atoms with E-state index in [0.717, 1.165) is 0 Å². The average molecular weight is 287 g/mol. The smallest absolute Gasteiger partial charge is 0.408 e. The Morgan fingerprint density at radius 2 is 2.10 bits per heavy atom. The minimum atomic E-state index is -1.43. The standard InChI is InChI=1S/C13H21NO6/c1-13(2,3)20-12(18)14-10(9-5-4-6-19-9)11(17)8(16)7-15/h4-6,8,10-11,15-17H,7H2,1-3H3,(H,14,18)/t8-,10-,11+/m0/s1. The largest absolute Gasteiger partial charge is 0.467 e. The van der Waals surface area contributed by atoms with Gasteiger partial charge in [-0.15, -0.1) is 0 Å². The van der Waals surface area contributed by atoms with Crippen LogP contribution in [0, 0.1) is 0 Å². The maximum atomic E-state index is 11.7. The highest BCUT2D eigenvalue weighted by molar-refractivity contribution is 5.68. The lowest BCUT2D eigenvalue weighted by Gasteiger charge is -2.27. The molecule has 3 atom stereocenters. The summed E-state index contributed by atoms with van der Waals surface area (Å²) >= 11 is 0. The third-order valence-electron chi connectivity index (χ3n) is 2.44. The SMILES string of the molecule is CC(C)(C)OC(=O)N[C@@H](c1ccco1)[C@H](O)[C@@H](O)CO. The number of aliphatic hydroxyl groups is 3. The monoisotopic (exact) mass is 287 g/mol. The molecule has 1 aromatic rings. The van der Waals surface area contributed by atoms with Crippen molar-refractivity contribution in [3.63, 3.8) is 0 Å². The molecule has 0 radical (unpaired) electrons. The van der Waals surface area contributed by atoms with E-state index < -0.39 is 36.6 Å². The van der Waals surface area contributed by atoms with Crippen molar-refractivity contribution in [2.75, 3.05) is 6.61 Å². The van der Waals surface area contributed by atoms with Gasteiger partial charge in [-0.05, 0) is 32.9 Å². The van der Waals surface area contributed by atoms with Gasteiger partial charge in [0.05, 0.1) is 12.9 Å². The Morgan fingerprint density at radius 3 is 2.55 bits per heavy atom. The topological polar surface area (TPSA) is 112 Å². The first kappa shape index (κ1) is 16.5. The molecule has 1 rings (SSSR count). The summed E-state index contributed by atoms with van der Waals surface area (Å²) in [5.74, 6) is 0.246. The molecule has 0 aliphatic rings. The van der Waals surface area contributed by atoms with Crippen molar-refractivity contribution in [1.82, 2.24) is 5.32 Å². The normalized spacial score (nSPS) is 16.3. The molecule has 20 heavy (non-hydrogen) atoms. The lowest BCUT2D eigenvalue weighted by atomic mass is 10.0. The van der Waals surface area contributed by atoms with E-state index in [4.69, 9.17) is 14.3 Å². The molecule has 0 fully saturated rings. The third kappa shape index (κ3) is 4.84. The number of hydrogen-bond acceptors (Lipinski definition) is 6. The highest BCUT2D eigenvalue weighted by Gasteiger charge is 2.32. The number of carbonyl (C=O) groups is 1. The summed E-state index contributed by atoms with van der Waals surface area (Å²) in [5, 5.41) is 30.8. The van der Waals surface area contributed by atoms with Crippen molar-refractivity contribution in [2.24, 2.45) is 0 Å². The Bertz CT molecular complexity index is 411. The molecule has 4 N–H and O–H groups in total. The lowest BCUT2D eigenvalue weighted by Crippen LogP contribution is -2.45. The van der Waals surface area contributed by atoms with Gasteiger partial charge in [0.15, 0.2) is 0 Å². The van der Waals surface area contributed by atoms with Gasteiger partial charge >= 0.3 is 6.09 Å². The van der Waals surface area contributed by atoms with Gasteiger partial charge in [0.1, 0.15) is 29.6 Å². The van der Waals surface area contributed by atoms with Gasteiger partial charge in [0, 0.05) is 0 Å². The molecule has 0 spiro atoms. The van der Waals surface area contributed by atoms with Crippen molar-refractivity contribution < 1.29 is 29.3 Å². The van der Waals surface area contributed by atoms with Crippen molar-refractivity contribution in [1.29, 1.82) is 0 Å². The fraction of sp³-hybridized carbons (Fsp3) is 0.615. The predicted octanol–water partition coefficient (Wildman–Crippen LogP) is 0.559. The van der Waals surface area contributed by atoms with Crippen LogP contribution in [0.2, 0.25) is 0 Å². The van der Waals surface area contributed by atoms with Crippen LogP contribution in [0.3, 0.4) is 0 Å². The molecule has 0 aliphatic carbocycles. The van der Waals surface area contributed by atoms with E-state index in [9.17, 15) is 15.0 Å². The summed E-state index contributed by atoms with van der Waals surface area (Å²) in [6.07, 6.45) is -2.24. The fourth-order valence-electron chi connectivity index (χ4n) is 1.56. The summed E-state index contributed by atoms with van der Waals surface area (Å²) in [4.78, 5) is 11.7. The van der Waals surface area contributed by atoms with E-state index in [1.807, 2.05) is 0 Å². The van der Waals surface area contributed by atoms with Crippen LogP contribution >= 0.6 is 0 Å². The Balaban J connectivity index is 2.82. The Kier molecular flexibility index (Phi) is 5.55. The van der Waals surface area contributed by atoms with E-state index >= 15 is 0 Å². The second-order valence-electron chi connectivity index (χ2n) is 5.38. The van der Waals surface area contributed by atoms with Gasteiger partial charge in [0.25, 0.3) is 0 Å². The number of alkyl carbamates (subject to hydrolysis) is 1. The summed E-state index contributed by atoms with van der Waals surface area (Å²) in [7, 11) is 0. The first-order valence-electron chi connectivity index (χ1n) is 6.24. The Labute approximate surface area is 117 Å². The molecule has 0 saturated carbocycles. The van der Waals surface area contributed by atoms with E-state index in [-0.39, 0.29) is 5.76 Å². The zero-order valence-electron chi connectivity index (χ0n) is 11.7. The molecule has 1 heterocycles. The number of ether oxygens (including phenoxy) is 1. The number of rotatable bonds is 5. The molecular weight excluding hydrogens is 266 g/mol. The molecule has 0 saturated heterocycles. The van der Waals surface area contributed by atoms with Crippen LogP contribution in [0.1, 0.15) is 32.6 Å². The lowest BCUT2D eigenvalue weighted by molar-refractivity contribution is -0.0381. The number of aliphatic hydroxyl groups excluding tert-OH is 3. The molecule has 0 aliphatic heterocycles. The first-order chi connectivity index (χ1) is 9.24. The van der Waals surface area contributed by atoms with Crippen LogP contribution in [0.4, 0.5) is 4.79 Å². The Morgan fingerprint density at radius 1 is 1.45 bits per heavy atom. The molecule has 0 aromatic carbocycles. The van der Waals surface area contributed by atoms with Crippen LogP contribution in [-0.2, 0) is 4.74 Å². The van der Waals surface area contributed by atoms with Crippen molar-refractivity contribution >= 4 is 6.09 Å². The van der Waals surface area contributed by atoms with Gasteiger partial charge < -0.3 is 29.8 Å². The minimum Gasteiger partial charge on any atom is -0.467 e. The summed E-state index contributed by atoms with van der Waals surface area (Å²) in [5.41, 5.74) is -0.696. The molecule has 7 nitrogen and oxygen atoms in total. The van der Waals surface area contributed by atoms with E-state index in [1.54, 1.807) is 26.8 Å². The number of amides is 1. The summed E-state index contributed by atoms with van der Waals surface area (Å²) in [6, 6.07) is 2.09. The van der Waals surface area contributed by atoms with Crippen LogP contribution in [0.5, 0.6) is 0 Å². The van der Waals surface area contributed by atoms with E-state index in [2.05, 4.69) is 5.32 Å². The van der Waals surface area contributed by atoms with E-state index in [1.165, 1.54) is 12.3 Å². The molecule has 1 aromatic heterocycles. The first-order valence-corrected chi connectivity index (χ1v) is 6.24. The summed E-state index contributed by atoms with van der Waals surface area (Å²) in [6.45, 7) is 4.46. The van der Waals surface area contributed by atoms with Gasteiger partial charge in [-0.2, -0.15) is 0 Å². The Hall–Kier alpha value is -1.57. The van der Waals surface area contributed by atoms with Gasteiger partial charge in [-0.3, -0.25) is 0 Å². The number of nitrogens with one attached hydrogen (secondary N) is 1. The second-order valence-corrected chi connectivity index (χ2v) is 5.38. The van der Waals surface area contributed by atoms with Crippen LogP contribution in [0.25, 0.3) is 0 Å². The molecule has 1 amide bonds. The average Bonchev–Trinajstić information content (AvgIpc) is 2.85. The predicted molar refractivity (Wildman–Crippen MR) is 69.9 cm³/mol. The fourth-order valence-corrected chi connectivity index (χ4v) is 1.56. The highest BCUT2D eigenvalue weighted by atomic mass is 16.6. The number of carbonyl (C=O) groups excluding carboxylic acids is 1. The van der Waals surface area contributed by atoms with E-state index in [0.29, 0.717) is 0 Å². The zero-order chi connectivity index (χ0) is 15.3. The van der Waals surface area contributed by atoms with Crippen LogP contribution < -0.4 is 5.32 Å². The highest BCUT2D eigenvalue weighted by Crippen LogP contribution is 2.21. The zero-order valence-corrected chi connectivity index (χ0v) is 11.7. The van der Waals surface area contributed by atoms with Crippen LogP contribution in [0.15, 0.2) is 22.8 Å².